The zero-order valence-electron chi connectivity index (χ0n) is 36.9. The van der Waals surface area contributed by atoms with Crippen molar-refractivity contribution in [2.24, 2.45) is 0 Å². The van der Waals surface area contributed by atoms with Gasteiger partial charge < -0.3 is 9.80 Å². The first-order valence-corrected chi connectivity index (χ1v) is 22.5. The van der Waals surface area contributed by atoms with Crippen LogP contribution in [0.15, 0.2) is 206 Å². The van der Waals surface area contributed by atoms with Gasteiger partial charge in [0.2, 0.25) is 0 Å². The number of anilines is 6. The van der Waals surface area contributed by atoms with Gasteiger partial charge in [0.25, 0.3) is 0 Å². The zero-order valence-corrected chi connectivity index (χ0v) is 36.9. The average molecular weight is 911 g/mol. The highest BCUT2D eigenvalue weighted by Gasteiger charge is 2.27. The Kier molecular flexibility index (Phi) is 9.98. The Labute approximate surface area is 399 Å². The molecule has 330 valence electrons. The van der Waals surface area contributed by atoms with E-state index in [0.717, 1.165) is 66.0 Å². The van der Waals surface area contributed by atoms with Crippen LogP contribution in [0, 0.1) is 41.2 Å². The second kappa shape index (κ2) is 16.7. The summed E-state index contributed by atoms with van der Waals surface area (Å²) in [7, 11) is 0. The van der Waals surface area contributed by atoms with Gasteiger partial charge in [0.15, 0.2) is 5.69 Å². The summed E-state index contributed by atoms with van der Waals surface area (Å²) < 4.78 is 66.0. The van der Waals surface area contributed by atoms with Crippen LogP contribution in [-0.2, 0) is 0 Å². The SMILES string of the molecule is [C-]#[N+]c1ccc(N(c2cc(-c3cccc4ccccc34)c(F)cc2F)c2ccc3ccc4c(N(c5ccc(C#N)cc5)c5cc(-c6cccc7ccccc67)c(F)cc5F)ccc5ccc2c3c54)cc1. The minimum atomic E-state index is -0.789. The fraction of sp³-hybridized carbons (Fsp3) is 0. The molecular formula is C62H34F4N4. The lowest BCUT2D eigenvalue weighted by Crippen LogP contribution is -2.14. The van der Waals surface area contributed by atoms with Crippen LogP contribution < -0.4 is 9.80 Å². The van der Waals surface area contributed by atoms with E-state index in [4.69, 9.17) is 6.57 Å². The summed E-state index contributed by atoms with van der Waals surface area (Å²) in [5.41, 5.74) is 4.90. The van der Waals surface area contributed by atoms with Gasteiger partial charge in [0, 0.05) is 45.4 Å². The van der Waals surface area contributed by atoms with Crippen molar-refractivity contribution in [2.75, 3.05) is 9.80 Å². The van der Waals surface area contributed by atoms with Crippen LogP contribution in [0.4, 0.5) is 57.4 Å². The highest BCUT2D eigenvalue weighted by Crippen LogP contribution is 2.50. The summed E-state index contributed by atoms with van der Waals surface area (Å²) in [6, 6.07) is 63.1. The highest BCUT2D eigenvalue weighted by molar-refractivity contribution is 6.28. The van der Waals surface area contributed by atoms with E-state index >= 15 is 17.6 Å². The second-order valence-electron chi connectivity index (χ2n) is 17.2. The zero-order chi connectivity index (χ0) is 47.6. The highest BCUT2D eigenvalue weighted by atomic mass is 19.1. The first kappa shape index (κ1) is 41.9. The standard InChI is InChI=1S/C62H34F4N4/c1-68-42-22-26-44(27-23-42)70(60-33-52(54(64)35-56(60)66)48-15-7-11-39-9-3-5-13-46(39)48)58-31-21-41-18-28-49-57(30-20-40-19-29-50(58)62(41)61(40)49)69(43-24-16-37(36-67)17-25-43)59-32-51(53(63)34-55(59)65)47-14-6-10-38-8-2-4-12-45(38)47/h2-35H. The first-order valence-electron chi connectivity index (χ1n) is 22.5. The van der Waals surface area contributed by atoms with E-state index in [1.54, 1.807) is 70.5 Å². The normalized spacial score (nSPS) is 11.4. The molecule has 0 saturated carbocycles. The third-order valence-electron chi connectivity index (χ3n) is 13.3. The van der Waals surface area contributed by atoms with Crippen LogP contribution in [0.5, 0.6) is 0 Å². The number of hydrogen-bond donors (Lipinski definition) is 0. The van der Waals surface area contributed by atoms with Crippen molar-refractivity contribution >= 4 is 93.7 Å². The Bertz CT molecular complexity index is 3870. The molecule has 70 heavy (non-hydrogen) atoms. The summed E-state index contributed by atoms with van der Waals surface area (Å²) >= 11 is 0. The number of rotatable bonds is 8. The van der Waals surface area contributed by atoms with E-state index < -0.39 is 23.3 Å². The molecule has 0 aromatic heterocycles. The minimum absolute atomic E-state index is 0.0904. The number of fused-ring (bicyclic) bond motifs is 2. The van der Waals surface area contributed by atoms with Gasteiger partial charge in [-0.2, -0.15) is 5.26 Å². The van der Waals surface area contributed by atoms with Gasteiger partial charge in [-0.3, -0.25) is 0 Å². The molecule has 0 aliphatic heterocycles. The number of nitriles is 1. The molecule has 0 atom stereocenters. The van der Waals surface area contributed by atoms with Crippen molar-refractivity contribution in [1.29, 1.82) is 5.26 Å². The Morgan fingerprint density at radius 2 is 0.800 bits per heavy atom. The lowest BCUT2D eigenvalue weighted by atomic mass is 9.91. The predicted octanol–water partition coefficient (Wildman–Crippen LogP) is 18.1. The molecule has 0 heterocycles. The first-order chi connectivity index (χ1) is 34.3. The quantitative estimate of drug-likeness (QED) is 0.0865. The molecule has 0 radical (unpaired) electrons. The number of hydrogen-bond acceptors (Lipinski definition) is 3. The number of benzene rings is 12. The van der Waals surface area contributed by atoms with Gasteiger partial charge in [-0.05, 0) is 115 Å². The molecule has 0 fully saturated rings. The van der Waals surface area contributed by atoms with Crippen LogP contribution in [0.3, 0.4) is 0 Å². The van der Waals surface area contributed by atoms with Crippen molar-refractivity contribution in [3.63, 3.8) is 0 Å². The molecule has 0 amide bonds. The predicted molar refractivity (Wildman–Crippen MR) is 276 cm³/mol. The smallest absolute Gasteiger partial charge is 0.187 e. The molecule has 8 heteroatoms. The fourth-order valence-electron chi connectivity index (χ4n) is 10.1. The third kappa shape index (κ3) is 6.81. The van der Waals surface area contributed by atoms with Gasteiger partial charge >= 0.3 is 0 Å². The van der Waals surface area contributed by atoms with Crippen molar-refractivity contribution in [1.82, 2.24) is 0 Å². The summed E-state index contributed by atoms with van der Waals surface area (Å²) in [5.74, 6) is -3.00. The maximum atomic E-state index is 16.8. The monoisotopic (exact) mass is 910 g/mol. The van der Waals surface area contributed by atoms with Gasteiger partial charge in [-0.25, -0.2) is 22.4 Å². The molecule has 0 bridgehead atoms. The van der Waals surface area contributed by atoms with Gasteiger partial charge in [0.05, 0.1) is 41.0 Å². The van der Waals surface area contributed by atoms with Crippen LogP contribution in [-0.4, -0.2) is 0 Å². The van der Waals surface area contributed by atoms with E-state index in [2.05, 4.69) is 10.9 Å². The molecule has 12 aromatic rings. The molecule has 0 saturated heterocycles. The summed E-state index contributed by atoms with van der Waals surface area (Å²) in [4.78, 5) is 7.11. The van der Waals surface area contributed by atoms with Crippen LogP contribution in [0.2, 0.25) is 0 Å². The van der Waals surface area contributed by atoms with Crippen molar-refractivity contribution in [3.05, 3.63) is 247 Å². The van der Waals surface area contributed by atoms with Gasteiger partial charge in [-0.1, -0.05) is 133 Å². The average Bonchev–Trinajstić information content (AvgIpc) is 3.40. The fourth-order valence-corrected chi connectivity index (χ4v) is 10.1. The largest absolute Gasteiger partial charge is 0.307 e. The van der Waals surface area contributed by atoms with Crippen molar-refractivity contribution < 1.29 is 17.6 Å². The van der Waals surface area contributed by atoms with Gasteiger partial charge in [-0.15, -0.1) is 0 Å². The van der Waals surface area contributed by atoms with Crippen LogP contribution in [0.1, 0.15) is 5.56 Å². The van der Waals surface area contributed by atoms with E-state index in [0.29, 0.717) is 45.1 Å². The third-order valence-corrected chi connectivity index (χ3v) is 13.3. The molecule has 0 spiro atoms. The maximum Gasteiger partial charge on any atom is 0.187 e. The maximum absolute atomic E-state index is 16.8. The van der Waals surface area contributed by atoms with Gasteiger partial charge in [0.1, 0.15) is 23.3 Å². The summed E-state index contributed by atoms with van der Waals surface area (Å²) in [6.45, 7) is 7.66. The molecule has 0 unspecified atom stereocenters. The Morgan fingerprint density at radius 3 is 1.26 bits per heavy atom. The Balaban J connectivity index is 1.10. The summed E-state index contributed by atoms with van der Waals surface area (Å²) in [5, 5.41) is 18.1. The summed E-state index contributed by atoms with van der Waals surface area (Å²) in [6.07, 6.45) is 0. The van der Waals surface area contributed by atoms with E-state index in [-0.39, 0.29) is 22.5 Å². The van der Waals surface area contributed by atoms with Crippen LogP contribution >= 0.6 is 0 Å². The Morgan fingerprint density at radius 1 is 0.371 bits per heavy atom. The molecule has 12 rings (SSSR count). The van der Waals surface area contributed by atoms with Crippen molar-refractivity contribution in [2.45, 2.75) is 0 Å². The molecule has 0 aliphatic carbocycles. The lowest BCUT2D eigenvalue weighted by molar-refractivity contribution is 0.586. The Hall–Kier alpha value is -9.50. The molecule has 0 N–H and O–H groups in total. The van der Waals surface area contributed by atoms with E-state index in [1.807, 2.05) is 133 Å². The van der Waals surface area contributed by atoms with Crippen LogP contribution in [0.25, 0.3) is 81.0 Å². The molecular weight excluding hydrogens is 877 g/mol. The molecule has 12 aromatic carbocycles. The topological polar surface area (TPSA) is 34.6 Å². The van der Waals surface area contributed by atoms with E-state index in [9.17, 15) is 5.26 Å². The molecule has 0 aliphatic rings. The lowest BCUT2D eigenvalue weighted by Gasteiger charge is -2.30. The number of halogens is 4. The minimum Gasteiger partial charge on any atom is -0.307 e. The van der Waals surface area contributed by atoms with E-state index in [1.165, 1.54) is 0 Å². The van der Waals surface area contributed by atoms with Crippen molar-refractivity contribution in [3.8, 4) is 28.3 Å². The number of nitrogens with zero attached hydrogens (tertiary/aromatic N) is 4. The molecule has 4 nitrogen and oxygen atoms in total. The second-order valence-corrected chi connectivity index (χ2v) is 17.2.